The first-order chi connectivity index (χ1) is 15.9. The third-order valence-corrected chi connectivity index (χ3v) is 6.27. The average molecular weight is 444 g/mol. The molecule has 33 heavy (non-hydrogen) atoms. The van der Waals surface area contributed by atoms with Gasteiger partial charge in [-0.15, -0.1) is 5.10 Å². The second-order valence-electron chi connectivity index (χ2n) is 9.44. The van der Waals surface area contributed by atoms with Crippen molar-refractivity contribution in [3.63, 3.8) is 0 Å². The Morgan fingerprint density at radius 1 is 1.09 bits per heavy atom. The summed E-state index contributed by atoms with van der Waals surface area (Å²) < 4.78 is 12.8. The van der Waals surface area contributed by atoms with Crippen molar-refractivity contribution in [1.29, 1.82) is 0 Å². The lowest BCUT2D eigenvalue weighted by atomic mass is 10.0. The van der Waals surface area contributed by atoms with Crippen LogP contribution in [0.15, 0.2) is 47.3 Å². The first kappa shape index (κ1) is 19.8. The molecule has 0 fully saturated rings. The van der Waals surface area contributed by atoms with E-state index in [2.05, 4.69) is 37.5 Å². The zero-order valence-electron chi connectivity index (χ0n) is 18.7. The number of H-pyrrole nitrogens is 1. The third-order valence-electron chi connectivity index (χ3n) is 6.27. The molecule has 2 aliphatic heterocycles. The van der Waals surface area contributed by atoms with Crippen molar-refractivity contribution in [3.05, 3.63) is 69.8 Å². The van der Waals surface area contributed by atoms with Crippen LogP contribution in [0.25, 0.3) is 10.9 Å². The molecule has 1 atom stereocenters. The van der Waals surface area contributed by atoms with E-state index >= 15 is 0 Å². The van der Waals surface area contributed by atoms with Crippen molar-refractivity contribution in [2.45, 2.75) is 38.8 Å². The number of aromatic nitrogens is 5. The van der Waals surface area contributed by atoms with Crippen LogP contribution in [0.5, 0.6) is 11.5 Å². The van der Waals surface area contributed by atoms with E-state index in [1.54, 1.807) is 0 Å². The Balaban J connectivity index is 1.58. The van der Waals surface area contributed by atoms with Crippen molar-refractivity contribution in [2.24, 2.45) is 0 Å². The molecule has 0 radical (unpaired) electrons. The summed E-state index contributed by atoms with van der Waals surface area (Å²) in [6.45, 7) is 7.09. The Hall–Kier alpha value is -3.88. The molecule has 4 heterocycles. The lowest BCUT2D eigenvalue weighted by Gasteiger charge is -2.31. The van der Waals surface area contributed by atoms with Gasteiger partial charge in [-0.2, -0.15) is 0 Å². The minimum atomic E-state index is -0.457. The summed E-state index contributed by atoms with van der Waals surface area (Å²) >= 11 is 0. The lowest BCUT2D eigenvalue weighted by molar-refractivity contribution is 0.174. The van der Waals surface area contributed by atoms with Crippen LogP contribution in [0.1, 0.15) is 43.8 Å². The molecule has 0 bridgehead atoms. The number of aromatic amines is 1. The molecule has 0 saturated heterocycles. The number of nitrogens with one attached hydrogen (secondary N) is 1. The molecule has 1 N–H and O–H groups in total. The molecule has 0 amide bonds. The Morgan fingerprint density at radius 3 is 2.70 bits per heavy atom. The molecule has 6 rings (SSSR count). The number of benzene rings is 2. The molecule has 0 unspecified atom stereocenters. The van der Waals surface area contributed by atoms with Gasteiger partial charge >= 0.3 is 0 Å². The monoisotopic (exact) mass is 444 g/mol. The summed E-state index contributed by atoms with van der Waals surface area (Å²) in [6, 6.07) is 13.5. The summed E-state index contributed by atoms with van der Waals surface area (Å²) in [7, 11) is 0. The second-order valence-corrected chi connectivity index (χ2v) is 9.44. The number of anilines is 1. The summed E-state index contributed by atoms with van der Waals surface area (Å²) in [6.07, 6.45) is 0.897. The molecule has 0 spiro atoms. The first-order valence-corrected chi connectivity index (χ1v) is 11.0. The maximum atomic E-state index is 13.5. The van der Waals surface area contributed by atoms with Gasteiger partial charge < -0.3 is 19.4 Å². The molecule has 168 valence electrons. The van der Waals surface area contributed by atoms with Gasteiger partial charge in [-0.05, 0) is 61.4 Å². The van der Waals surface area contributed by atoms with E-state index in [-0.39, 0.29) is 17.9 Å². The quantitative estimate of drug-likeness (QED) is 0.518. The van der Waals surface area contributed by atoms with Gasteiger partial charge in [0.25, 0.3) is 5.56 Å². The van der Waals surface area contributed by atoms with Crippen molar-refractivity contribution in [3.8, 4) is 11.5 Å². The SMILES string of the molecule is CC(C)(C)n1nnnc1[C@H](c1cc2cc3c(cc2[nH]c1=O)OCO3)N1CCc2ccccc21. The van der Waals surface area contributed by atoms with Crippen LogP contribution >= 0.6 is 0 Å². The van der Waals surface area contributed by atoms with Gasteiger partial charge in [-0.3, -0.25) is 4.79 Å². The highest BCUT2D eigenvalue weighted by molar-refractivity contribution is 5.83. The van der Waals surface area contributed by atoms with Gasteiger partial charge in [-0.1, -0.05) is 18.2 Å². The summed E-state index contributed by atoms with van der Waals surface area (Å²) in [5.74, 6) is 1.93. The molecule has 4 aromatic rings. The van der Waals surface area contributed by atoms with Crippen LogP contribution in [-0.2, 0) is 12.0 Å². The zero-order chi connectivity index (χ0) is 22.7. The minimum absolute atomic E-state index is 0.177. The van der Waals surface area contributed by atoms with E-state index in [0.29, 0.717) is 28.4 Å². The predicted molar refractivity (Wildman–Crippen MR) is 123 cm³/mol. The van der Waals surface area contributed by atoms with E-state index in [4.69, 9.17) is 9.47 Å². The second kappa shape index (κ2) is 7.06. The summed E-state index contributed by atoms with van der Waals surface area (Å²) in [5, 5.41) is 13.6. The van der Waals surface area contributed by atoms with Crippen LogP contribution in [0.3, 0.4) is 0 Å². The Kier molecular flexibility index (Phi) is 4.23. The number of para-hydroxylation sites is 1. The Morgan fingerprint density at radius 2 is 1.88 bits per heavy atom. The van der Waals surface area contributed by atoms with Gasteiger partial charge in [0.05, 0.1) is 11.1 Å². The van der Waals surface area contributed by atoms with Crippen LogP contribution < -0.4 is 19.9 Å². The molecule has 0 saturated carbocycles. The van der Waals surface area contributed by atoms with Crippen molar-refractivity contribution < 1.29 is 9.47 Å². The van der Waals surface area contributed by atoms with Crippen LogP contribution in [0.2, 0.25) is 0 Å². The largest absolute Gasteiger partial charge is 0.454 e. The Bertz CT molecular complexity index is 1430. The smallest absolute Gasteiger partial charge is 0.254 e. The van der Waals surface area contributed by atoms with Crippen LogP contribution in [0, 0.1) is 0 Å². The van der Waals surface area contributed by atoms with Crippen LogP contribution in [0.4, 0.5) is 5.69 Å². The maximum absolute atomic E-state index is 13.5. The number of hydrogen-bond donors (Lipinski definition) is 1. The predicted octanol–water partition coefficient (Wildman–Crippen LogP) is 3.15. The zero-order valence-corrected chi connectivity index (χ0v) is 18.7. The highest BCUT2D eigenvalue weighted by Crippen LogP contribution is 2.40. The number of nitrogens with zero attached hydrogens (tertiary/aromatic N) is 5. The number of pyridine rings is 1. The molecule has 9 nitrogen and oxygen atoms in total. The van der Waals surface area contributed by atoms with Gasteiger partial charge in [-0.25, -0.2) is 4.68 Å². The molecule has 0 aliphatic carbocycles. The fraction of sp³-hybridized carbons (Fsp3) is 0.333. The van der Waals surface area contributed by atoms with E-state index in [0.717, 1.165) is 24.0 Å². The van der Waals surface area contributed by atoms with Crippen molar-refractivity contribution in [2.75, 3.05) is 18.2 Å². The van der Waals surface area contributed by atoms with Crippen LogP contribution in [-0.4, -0.2) is 38.5 Å². The van der Waals surface area contributed by atoms with E-state index < -0.39 is 6.04 Å². The summed E-state index contributed by atoms with van der Waals surface area (Å²) in [4.78, 5) is 18.7. The highest BCUT2D eigenvalue weighted by atomic mass is 16.7. The molecule has 9 heteroatoms. The van der Waals surface area contributed by atoms with Gasteiger partial charge in [0.15, 0.2) is 17.3 Å². The van der Waals surface area contributed by atoms with Gasteiger partial charge in [0, 0.05) is 29.2 Å². The molecule has 2 aliphatic rings. The molecule has 2 aromatic carbocycles. The van der Waals surface area contributed by atoms with E-state index in [1.807, 2.05) is 55.8 Å². The fourth-order valence-electron chi connectivity index (χ4n) is 4.74. The molecular weight excluding hydrogens is 420 g/mol. The molecule has 2 aromatic heterocycles. The molecular formula is C24H24N6O3. The minimum Gasteiger partial charge on any atom is -0.454 e. The van der Waals surface area contributed by atoms with Gasteiger partial charge in [0.1, 0.15) is 6.04 Å². The maximum Gasteiger partial charge on any atom is 0.254 e. The topological polar surface area (TPSA) is 98.2 Å². The highest BCUT2D eigenvalue weighted by Gasteiger charge is 2.36. The standard InChI is InChI=1S/C24H24N6O3/c1-24(2,3)30-22(26-27-28-30)21(29-9-8-14-6-4-5-7-18(14)29)16-10-15-11-19-20(33-13-32-19)12-17(15)25-23(16)31/h4-7,10-12,21H,8-9,13H2,1-3H3,(H,25,31)/t21-/m0/s1. The normalized spacial score (nSPS) is 15.8. The summed E-state index contributed by atoms with van der Waals surface area (Å²) in [5.41, 5.74) is 3.09. The number of rotatable bonds is 3. The number of tetrazole rings is 1. The van der Waals surface area contributed by atoms with E-state index in [9.17, 15) is 4.79 Å². The first-order valence-electron chi connectivity index (χ1n) is 11.0. The number of ether oxygens (including phenoxy) is 2. The Labute approximate surface area is 189 Å². The fourth-order valence-corrected chi connectivity index (χ4v) is 4.74. The lowest BCUT2D eigenvalue weighted by Crippen LogP contribution is -2.37. The third kappa shape index (κ3) is 3.14. The van der Waals surface area contributed by atoms with Crippen molar-refractivity contribution >= 4 is 16.6 Å². The number of fused-ring (bicyclic) bond motifs is 3. The number of hydrogen-bond acceptors (Lipinski definition) is 7. The van der Waals surface area contributed by atoms with E-state index in [1.165, 1.54) is 5.56 Å². The van der Waals surface area contributed by atoms with Crippen molar-refractivity contribution in [1.82, 2.24) is 25.2 Å². The van der Waals surface area contributed by atoms with Gasteiger partial charge in [0.2, 0.25) is 6.79 Å². The average Bonchev–Trinajstić information content (AvgIpc) is 3.52.